The van der Waals surface area contributed by atoms with Crippen LogP contribution in [0.1, 0.15) is 37.7 Å². The first kappa shape index (κ1) is 28.7. The Labute approximate surface area is 229 Å². The number of halogens is 1. The van der Waals surface area contributed by atoms with Crippen LogP contribution in [-0.4, -0.2) is 32.1 Å². The molecule has 0 amide bonds. The number of nitrogens with one attached hydrogen (secondary N) is 1. The van der Waals surface area contributed by atoms with Gasteiger partial charge in [-0.05, 0) is 78.5 Å². The number of carboxylic acid groups (broad SMARTS) is 1. The number of allylic oxidation sites excluding steroid dienone is 2. The summed E-state index contributed by atoms with van der Waals surface area (Å²) in [5.74, 6) is -1.21. The lowest BCUT2D eigenvalue weighted by Crippen LogP contribution is -2.33. The van der Waals surface area contributed by atoms with E-state index in [0.717, 1.165) is 41.7 Å². The van der Waals surface area contributed by atoms with Crippen molar-refractivity contribution in [2.45, 2.75) is 49.7 Å². The van der Waals surface area contributed by atoms with Gasteiger partial charge in [-0.15, -0.1) is 0 Å². The molecule has 0 aliphatic heterocycles. The Balaban J connectivity index is 1.38. The lowest BCUT2D eigenvalue weighted by molar-refractivity contribution is -0.136. The van der Waals surface area contributed by atoms with Crippen LogP contribution >= 0.6 is 0 Å². The lowest BCUT2D eigenvalue weighted by Gasteiger charge is -2.24. The molecule has 3 atom stereocenters. The van der Waals surface area contributed by atoms with E-state index in [4.69, 9.17) is 9.84 Å². The maximum atomic E-state index is 13.2. The van der Waals surface area contributed by atoms with E-state index < -0.39 is 21.8 Å². The second-order valence-corrected chi connectivity index (χ2v) is 11.6. The molecule has 0 heterocycles. The van der Waals surface area contributed by atoms with Crippen molar-refractivity contribution in [2.24, 2.45) is 11.8 Å². The predicted molar refractivity (Wildman–Crippen MR) is 149 cm³/mol. The van der Waals surface area contributed by atoms with E-state index in [1.54, 1.807) is 0 Å². The molecule has 1 aliphatic rings. The molecule has 1 aliphatic carbocycles. The van der Waals surface area contributed by atoms with Crippen molar-refractivity contribution in [1.82, 2.24) is 4.72 Å². The minimum Gasteiger partial charge on any atom is -0.481 e. The lowest BCUT2D eigenvalue weighted by atomic mass is 9.91. The zero-order valence-corrected chi connectivity index (χ0v) is 22.5. The highest BCUT2D eigenvalue weighted by Gasteiger charge is 2.36. The molecule has 2 N–H and O–H groups in total. The number of benzene rings is 3. The van der Waals surface area contributed by atoms with Crippen molar-refractivity contribution in [1.29, 1.82) is 0 Å². The highest BCUT2D eigenvalue weighted by atomic mass is 32.2. The third kappa shape index (κ3) is 8.33. The van der Waals surface area contributed by atoms with Gasteiger partial charge in [0.1, 0.15) is 5.82 Å². The topological polar surface area (TPSA) is 92.7 Å². The second-order valence-electron chi connectivity index (χ2n) is 9.86. The van der Waals surface area contributed by atoms with Crippen LogP contribution < -0.4 is 4.72 Å². The van der Waals surface area contributed by atoms with Crippen molar-refractivity contribution in [3.8, 4) is 11.1 Å². The number of carboxylic acids is 1. The first-order valence-electron chi connectivity index (χ1n) is 13.2. The molecule has 3 aromatic rings. The summed E-state index contributed by atoms with van der Waals surface area (Å²) >= 11 is 0. The molecular formula is C31H34FNO5S. The van der Waals surface area contributed by atoms with E-state index >= 15 is 0 Å². The third-order valence-electron chi connectivity index (χ3n) is 7.19. The Morgan fingerprint density at radius 1 is 0.949 bits per heavy atom. The van der Waals surface area contributed by atoms with Crippen LogP contribution in [0.25, 0.3) is 11.1 Å². The number of rotatable bonds is 13. The van der Waals surface area contributed by atoms with Crippen molar-refractivity contribution in [3.63, 3.8) is 0 Å². The number of hydrogen-bond donors (Lipinski definition) is 2. The van der Waals surface area contributed by atoms with E-state index in [2.05, 4.69) is 41.1 Å². The summed E-state index contributed by atoms with van der Waals surface area (Å²) < 4.78 is 47.8. The van der Waals surface area contributed by atoms with E-state index in [1.807, 2.05) is 30.4 Å². The van der Waals surface area contributed by atoms with Gasteiger partial charge < -0.3 is 9.84 Å². The molecule has 39 heavy (non-hydrogen) atoms. The van der Waals surface area contributed by atoms with E-state index in [1.165, 1.54) is 12.1 Å². The van der Waals surface area contributed by atoms with Crippen LogP contribution in [0.3, 0.4) is 0 Å². The van der Waals surface area contributed by atoms with Crippen molar-refractivity contribution in [2.75, 3.05) is 6.54 Å². The molecule has 6 nitrogen and oxygen atoms in total. The molecule has 206 valence electrons. The number of sulfonamides is 1. The van der Waals surface area contributed by atoms with Crippen LogP contribution in [0.4, 0.5) is 4.39 Å². The standard InChI is InChI=1S/C31H34FNO5S/c32-27-16-18-28(19-17-27)39(36,37)33-21-26-15-20-30(29(26)9-5-2-6-10-31(34)35)38-22-23-11-13-25(14-12-23)24-7-3-1-4-8-24/h1-5,7-8,11-14,16-19,26,29-30,33H,6,9-10,15,20-22H2,(H,34,35)/b5-2-/t26-,29-,30+/m1/s1. The van der Waals surface area contributed by atoms with E-state index in [9.17, 15) is 17.6 Å². The highest BCUT2D eigenvalue weighted by Crippen LogP contribution is 2.37. The molecule has 0 spiro atoms. The monoisotopic (exact) mass is 551 g/mol. The van der Waals surface area contributed by atoms with Gasteiger partial charge in [0.15, 0.2) is 0 Å². The van der Waals surface area contributed by atoms with E-state index in [0.29, 0.717) is 19.4 Å². The molecule has 0 bridgehead atoms. The zero-order chi connectivity index (χ0) is 27.7. The summed E-state index contributed by atoms with van der Waals surface area (Å²) in [6.07, 6.45) is 6.58. The first-order chi connectivity index (χ1) is 18.8. The highest BCUT2D eigenvalue weighted by molar-refractivity contribution is 7.89. The minimum absolute atomic E-state index is 0.0266. The Hall–Kier alpha value is -3.33. The van der Waals surface area contributed by atoms with Gasteiger partial charge in [-0.2, -0.15) is 0 Å². The van der Waals surface area contributed by atoms with Gasteiger partial charge in [0.05, 0.1) is 17.6 Å². The van der Waals surface area contributed by atoms with Gasteiger partial charge in [0, 0.05) is 13.0 Å². The first-order valence-corrected chi connectivity index (χ1v) is 14.7. The molecule has 1 fully saturated rings. The van der Waals surface area contributed by atoms with E-state index in [-0.39, 0.29) is 35.8 Å². The van der Waals surface area contributed by atoms with Gasteiger partial charge in [-0.1, -0.05) is 66.7 Å². The van der Waals surface area contributed by atoms with Crippen molar-refractivity contribution >= 4 is 16.0 Å². The molecule has 0 saturated heterocycles. The summed E-state index contributed by atoms with van der Waals surface area (Å²) in [6.45, 7) is 0.700. The quantitative estimate of drug-likeness (QED) is 0.247. The number of carbonyl (C=O) groups is 1. The van der Waals surface area contributed by atoms with Gasteiger partial charge >= 0.3 is 5.97 Å². The van der Waals surface area contributed by atoms with Crippen LogP contribution in [0.15, 0.2) is 95.9 Å². The van der Waals surface area contributed by atoms with Crippen LogP contribution in [0, 0.1) is 17.7 Å². The molecular weight excluding hydrogens is 517 g/mol. The molecule has 1 saturated carbocycles. The molecule has 4 rings (SSSR count). The van der Waals surface area contributed by atoms with Crippen LogP contribution in [0.5, 0.6) is 0 Å². The summed E-state index contributed by atoms with van der Waals surface area (Å²) in [5, 5.41) is 8.88. The van der Waals surface area contributed by atoms with Crippen molar-refractivity contribution < 1.29 is 27.4 Å². The Morgan fingerprint density at radius 2 is 1.64 bits per heavy atom. The molecule has 0 unspecified atom stereocenters. The van der Waals surface area contributed by atoms with Gasteiger partial charge in [-0.25, -0.2) is 17.5 Å². The zero-order valence-electron chi connectivity index (χ0n) is 21.7. The van der Waals surface area contributed by atoms with Gasteiger partial charge in [0.2, 0.25) is 10.0 Å². The Bertz CT molecular complexity index is 1340. The SMILES string of the molecule is O=C(O)CC/C=C\C[C@@H]1[C@@H](CNS(=O)(=O)c2ccc(F)cc2)CC[C@@H]1OCc1ccc(-c2ccccc2)cc1. The summed E-state index contributed by atoms with van der Waals surface area (Å²) in [5.41, 5.74) is 3.35. The molecule has 3 aromatic carbocycles. The normalized spacial score (nSPS) is 19.5. The molecule has 0 aromatic heterocycles. The Kier molecular flexibility index (Phi) is 10.0. The fourth-order valence-corrected chi connectivity index (χ4v) is 6.13. The van der Waals surface area contributed by atoms with Crippen molar-refractivity contribution in [3.05, 3.63) is 102 Å². The fourth-order valence-electron chi connectivity index (χ4n) is 5.03. The molecule has 0 radical (unpaired) electrons. The largest absolute Gasteiger partial charge is 0.481 e. The number of ether oxygens (including phenoxy) is 1. The summed E-state index contributed by atoms with van der Waals surface area (Å²) in [6, 6.07) is 23.2. The maximum Gasteiger partial charge on any atom is 0.303 e. The Morgan fingerprint density at radius 3 is 2.33 bits per heavy atom. The van der Waals surface area contributed by atoms with Crippen LogP contribution in [-0.2, 0) is 26.2 Å². The number of hydrogen-bond acceptors (Lipinski definition) is 4. The van der Waals surface area contributed by atoms with Gasteiger partial charge in [0.25, 0.3) is 0 Å². The smallest absolute Gasteiger partial charge is 0.303 e. The minimum atomic E-state index is -3.77. The average Bonchev–Trinajstić information content (AvgIpc) is 3.33. The molecule has 8 heteroatoms. The van der Waals surface area contributed by atoms with Gasteiger partial charge in [-0.3, -0.25) is 4.79 Å². The van der Waals surface area contributed by atoms with Crippen LogP contribution in [0.2, 0.25) is 0 Å². The predicted octanol–water partition coefficient (Wildman–Crippen LogP) is 6.19. The average molecular weight is 552 g/mol. The maximum absolute atomic E-state index is 13.2. The second kappa shape index (κ2) is 13.6. The summed E-state index contributed by atoms with van der Waals surface area (Å²) in [7, 11) is -3.77. The number of aliphatic carboxylic acids is 1. The summed E-state index contributed by atoms with van der Waals surface area (Å²) in [4.78, 5) is 10.8. The third-order valence-corrected chi connectivity index (χ3v) is 8.63. The fraction of sp³-hybridized carbons (Fsp3) is 0.323.